The monoisotopic (exact) mass is 259 g/mol. The van der Waals surface area contributed by atoms with E-state index in [1.807, 2.05) is 18.2 Å². The highest BCUT2D eigenvalue weighted by molar-refractivity contribution is 5.37. The largest absolute Gasteiger partial charge is 0.383 e. The molecule has 19 heavy (non-hydrogen) atoms. The predicted octanol–water partition coefficient (Wildman–Crippen LogP) is 1.32. The number of hydrogen-bond donors (Lipinski definition) is 0. The first-order valence-electron chi connectivity index (χ1n) is 6.75. The van der Waals surface area contributed by atoms with E-state index in [4.69, 9.17) is 10.00 Å². The molecule has 0 radical (unpaired) electrons. The molecule has 0 saturated carbocycles. The Balaban J connectivity index is 1.84. The molecule has 4 heteroatoms. The molecule has 0 unspecified atom stereocenters. The topological polar surface area (TPSA) is 39.5 Å². The van der Waals surface area contributed by atoms with Gasteiger partial charge in [-0.25, -0.2) is 0 Å². The number of nitrogens with zero attached hydrogens (tertiary/aromatic N) is 3. The minimum absolute atomic E-state index is 0.796. The van der Waals surface area contributed by atoms with E-state index in [1.165, 1.54) is 0 Å². The van der Waals surface area contributed by atoms with Gasteiger partial charge in [-0.3, -0.25) is 9.80 Å². The Morgan fingerprint density at radius 1 is 1.16 bits per heavy atom. The van der Waals surface area contributed by atoms with E-state index in [1.54, 1.807) is 7.11 Å². The van der Waals surface area contributed by atoms with Gasteiger partial charge in [-0.15, -0.1) is 0 Å². The minimum Gasteiger partial charge on any atom is -0.383 e. The van der Waals surface area contributed by atoms with Crippen molar-refractivity contribution in [1.29, 1.82) is 5.26 Å². The van der Waals surface area contributed by atoms with Crippen molar-refractivity contribution in [2.24, 2.45) is 0 Å². The molecule has 4 nitrogen and oxygen atoms in total. The van der Waals surface area contributed by atoms with E-state index in [2.05, 4.69) is 21.9 Å². The molecular weight excluding hydrogens is 238 g/mol. The second-order valence-electron chi connectivity index (χ2n) is 4.88. The molecule has 0 N–H and O–H groups in total. The lowest BCUT2D eigenvalue weighted by Crippen LogP contribution is -2.46. The van der Waals surface area contributed by atoms with Crippen LogP contribution in [0.3, 0.4) is 0 Å². The molecular formula is C15H21N3O. The van der Waals surface area contributed by atoms with Crippen molar-refractivity contribution in [2.45, 2.75) is 6.54 Å². The van der Waals surface area contributed by atoms with Gasteiger partial charge >= 0.3 is 0 Å². The van der Waals surface area contributed by atoms with E-state index in [-0.39, 0.29) is 0 Å². The molecule has 0 atom stereocenters. The van der Waals surface area contributed by atoms with E-state index in [0.29, 0.717) is 0 Å². The van der Waals surface area contributed by atoms with Crippen molar-refractivity contribution in [2.75, 3.05) is 46.4 Å². The van der Waals surface area contributed by atoms with Crippen LogP contribution in [0.15, 0.2) is 24.3 Å². The summed E-state index contributed by atoms with van der Waals surface area (Å²) in [4.78, 5) is 4.84. The van der Waals surface area contributed by atoms with E-state index >= 15 is 0 Å². The smallest absolute Gasteiger partial charge is 0.0995 e. The van der Waals surface area contributed by atoms with Crippen molar-refractivity contribution in [3.63, 3.8) is 0 Å². The van der Waals surface area contributed by atoms with Crippen LogP contribution in [0.25, 0.3) is 0 Å². The van der Waals surface area contributed by atoms with Crippen molar-refractivity contribution in [1.82, 2.24) is 9.80 Å². The Hall–Kier alpha value is -1.41. The zero-order chi connectivity index (χ0) is 13.5. The van der Waals surface area contributed by atoms with Crippen LogP contribution in [0, 0.1) is 11.3 Å². The zero-order valence-corrected chi connectivity index (χ0v) is 11.5. The summed E-state index contributed by atoms with van der Waals surface area (Å²) >= 11 is 0. The molecule has 0 aliphatic carbocycles. The molecule has 0 bridgehead atoms. The Bertz CT molecular complexity index is 433. The fraction of sp³-hybridized carbons (Fsp3) is 0.533. The molecule has 0 amide bonds. The second-order valence-corrected chi connectivity index (χ2v) is 4.88. The molecule has 1 aliphatic heterocycles. The fourth-order valence-electron chi connectivity index (χ4n) is 2.40. The van der Waals surface area contributed by atoms with Crippen LogP contribution >= 0.6 is 0 Å². The number of rotatable bonds is 5. The third-order valence-corrected chi connectivity index (χ3v) is 3.61. The van der Waals surface area contributed by atoms with Gasteiger partial charge in [0.1, 0.15) is 0 Å². The number of piperazine rings is 1. The van der Waals surface area contributed by atoms with E-state index in [9.17, 15) is 0 Å². The summed E-state index contributed by atoms with van der Waals surface area (Å²) in [6.45, 7) is 6.97. The Kier molecular flexibility index (Phi) is 5.34. The number of benzene rings is 1. The molecule has 1 aromatic carbocycles. The van der Waals surface area contributed by atoms with Crippen molar-refractivity contribution < 1.29 is 4.74 Å². The van der Waals surface area contributed by atoms with Gasteiger partial charge in [-0.1, -0.05) is 18.2 Å². The standard InChI is InChI=1S/C15H21N3O/c1-19-11-10-17-6-8-18(9-7-17)13-15-5-3-2-4-14(15)12-16/h2-5H,6-11,13H2,1H3. The Morgan fingerprint density at radius 3 is 2.53 bits per heavy atom. The number of hydrogen-bond acceptors (Lipinski definition) is 4. The molecule has 0 aromatic heterocycles. The number of nitriles is 1. The van der Waals surface area contributed by atoms with Crippen LogP contribution in [0.4, 0.5) is 0 Å². The summed E-state index contributed by atoms with van der Waals surface area (Å²) in [6, 6.07) is 10.1. The Labute approximate surface area is 115 Å². The molecule has 0 spiro atoms. The van der Waals surface area contributed by atoms with Crippen LogP contribution in [0.1, 0.15) is 11.1 Å². The predicted molar refractivity (Wildman–Crippen MR) is 74.8 cm³/mol. The van der Waals surface area contributed by atoms with Crippen molar-refractivity contribution in [3.05, 3.63) is 35.4 Å². The maximum atomic E-state index is 9.10. The Morgan fingerprint density at radius 2 is 1.84 bits per heavy atom. The summed E-state index contributed by atoms with van der Waals surface area (Å²) in [6.07, 6.45) is 0. The molecule has 1 fully saturated rings. The summed E-state index contributed by atoms with van der Waals surface area (Å²) in [7, 11) is 1.75. The summed E-state index contributed by atoms with van der Waals surface area (Å²) < 4.78 is 5.11. The van der Waals surface area contributed by atoms with Crippen LogP contribution in [-0.4, -0.2) is 56.2 Å². The molecule has 1 heterocycles. The number of methoxy groups -OCH3 is 1. The summed E-state index contributed by atoms with van der Waals surface area (Å²) in [5.74, 6) is 0. The van der Waals surface area contributed by atoms with Gasteiger partial charge in [-0.2, -0.15) is 5.26 Å². The minimum atomic E-state index is 0.796. The third-order valence-electron chi connectivity index (χ3n) is 3.61. The summed E-state index contributed by atoms with van der Waals surface area (Å²) in [5, 5.41) is 9.10. The van der Waals surface area contributed by atoms with Crippen LogP contribution < -0.4 is 0 Å². The van der Waals surface area contributed by atoms with Crippen LogP contribution in [0.5, 0.6) is 0 Å². The van der Waals surface area contributed by atoms with Gasteiger partial charge < -0.3 is 4.74 Å². The third kappa shape index (κ3) is 4.03. The average molecular weight is 259 g/mol. The number of ether oxygens (including phenoxy) is 1. The van der Waals surface area contributed by atoms with Gasteiger partial charge in [0.15, 0.2) is 0 Å². The second kappa shape index (κ2) is 7.25. The lowest BCUT2D eigenvalue weighted by Gasteiger charge is -2.34. The molecule has 2 rings (SSSR count). The normalized spacial score (nSPS) is 17.3. The fourth-order valence-corrected chi connectivity index (χ4v) is 2.40. The quantitative estimate of drug-likeness (QED) is 0.799. The van der Waals surface area contributed by atoms with Gasteiger partial charge in [-0.05, 0) is 11.6 Å². The highest BCUT2D eigenvalue weighted by Crippen LogP contribution is 2.12. The first-order valence-corrected chi connectivity index (χ1v) is 6.75. The highest BCUT2D eigenvalue weighted by Gasteiger charge is 2.17. The maximum absolute atomic E-state index is 9.10. The lowest BCUT2D eigenvalue weighted by molar-refractivity contribution is 0.0938. The van der Waals surface area contributed by atoms with Crippen LogP contribution in [0.2, 0.25) is 0 Å². The van der Waals surface area contributed by atoms with Crippen molar-refractivity contribution in [3.8, 4) is 6.07 Å². The van der Waals surface area contributed by atoms with Gasteiger partial charge in [0.2, 0.25) is 0 Å². The SMILES string of the molecule is COCCN1CCN(Cc2ccccc2C#N)CC1. The summed E-state index contributed by atoms with van der Waals surface area (Å²) in [5.41, 5.74) is 1.93. The molecule has 1 aliphatic rings. The highest BCUT2D eigenvalue weighted by atomic mass is 16.5. The van der Waals surface area contributed by atoms with Crippen molar-refractivity contribution >= 4 is 0 Å². The van der Waals surface area contributed by atoms with Crippen LogP contribution in [-0.2, 0) is 11.3 Å². The van der Waals surface area contributed by atoms with Gasteiger partial charge in [0.05, 0.1) is 18.2 Å². The zero-order valence-electron chi connectivity index (χ0n) is 11.5. The van der Waals surface area contributed by atoms with E-state index < -0.39 is 0 Å². The van der Waals surface area contributed by atoms with Gasteiger partial charge in [0.25, 0.3) is 0 Å². The first-order chi connectivity index (χ1) is 9.33. The lowest BCUT2D eigenvalue weighted by atomic mass is 10.1. The van der Waals surface area contributed by atoms with E-state index in [0.717, 1.165) is 57.0 Å². The average Bonchev–Trinajstić information content (AvgIpc) is 2.47. The molecule has 102 valence electrons. The first kappa shape index (κ1) is 14.0. The molecule has 1 saturated heterocycles. The molecule has 1 aromatic rings. The maximum Gasteiger partial charge on any atom is 0.0995 e. The van der Waals surface area contributed by atoms with Gasteiger partial charge in [0, 0.05) is 46.4 Å².